The summed E-state index contributed by atoms with van der Waals surface area (Å²) < 4.78 is 2.29. The molecule has 146 valence electrons. The van der Waals surface area contributed by atoms with Crippen molar-refractivity contribution in [1.29, 1.82) is 0 Å². The molecular formula is C26H26N2O. The van der Waals surface area contributed by atoms with Gasteiger partial charge in [0.2, 0.25) is 0 Å². The fourth-order valence-corrected chi connectivity index (χ4v) is 5.26. The van der Waals surface area contributed by atoms with Crippen molar-refractivity contribution >= 4 is 16.8 Å². The highest BCUT2D eigenvalue weighted by Gasteiger charge is 2.42. The van der Waals surface area contributed by atoms with Gasteiger partial charge in [-0.05, 0) is 42.9 Å². The quantitative estimate of drug-likeness (QED) is 0.525. The summed E-state index contributed by atoms with van der Waals surface area (Å²) in [4.78, 5) is 15.4. The van der Waals surface area contributed by atoms with Crippen molar-refractivity contribution in [2.75, 3.05) is 6.54 Å². The van der Waals surface area contributed by atoms with Gasteiger partial charge in [0, 0.05) is 35.6 Å². The molecule has 1 aliphatic carbocycles. The number of aryl methyl sites for hydroxylation is 1. The minimum Gasteiger partial charge on any atom is -0.343 e. The van der Waals surface area contributed by atoms with Crippen LogP contribution < -0.4 is 0 Å². The van der Waals surface area contributed by atoms with Crippen molar-refractivity contribution in [2.45, 2.75) is 31.7 Å². The van der Waals surface area contributed by atoms with E-state index in [1.54, 1.807) is 0 Å². The number of para-hydroxylation sites is 1. The molecule has 29 heavy (non-hydrogen) atoms. The van der Waals surface area contributed by atoms with Gasteiger partial charge in [-0.2, -0.15) is 0 Å². The van der Waals surface area contributed by atoms with Crippen LogP contribution >= 0.6 is 0 Å². The molecule has 1 unspecified atom stereocenters. The molecule has 0 fully saturated rings. The summed E-state index contributed by atoms with van der Waals surface area (Å²) in [5.41, 5.74) is 7.25. The van der Waals surface area contributed by atoms with E-state index in [1.807, 2.05) is 11.0 Å². The minimum absolute atomic E-state index is 0.00268. The van der Waals surface area contributed by atoms with Gasteiger partial charge in [0.05, 0.1) is 11.7 Å². The molecule has 1 aliphatic heterocycles. The second-order valence-electron chi connectivity index (χ2n) is 8.06. The highest BCUT2D eigenvalue weighted by Crippen LogP contribution is 2.49. The molecule has 0 bridgehead atoms. The van der Waals surface area contributed by atoms with Crippen LogP contribution in [0.15, 0.2) is 78.4 Å². The molecule has 2 heterocycles. The molecule has 1 amide bonds. The molecule has 2 aromatic carbocycles. The fraction of sp³-hybridized carbons (Fsp3) is 0.269. The van der Waals surface area contributed by atoms with Crippen molar-refractivity contribution in [3.8, 4) is 11.3 Å². The Kier molecular flexibility index (Phi) is 4.39. The van der Waals surface area contributed by atoms with E-state index >= 15 is 0 Å². The lowest BCUT2D eigenvalue weighted by Gasteiger charge is -2.28. The van der Waals surface area contributed by atoms with Gasteiger partial charge < -0.3 is 9.47 Å². The molecular weight excluding hydrogens is 356 g/mol. The van der Waals surface area contributed by atoms with Gasteiger partial charge >= 0.3 is 0 Å². The number of nitrogens with zero attached hydrogens (tertiary/aromatic N) is 2. The van der Waals surface area contributed by atoms with Crippen LogP contribution in [0.5, 0.6) is 0 Å². The van der Waals surface area contributed by atoms with Gasteiger partial charge in [0.15, 0.2) is 0 Å². The molecule has 0 spiro atoms. The van der Waals surface area contributed by atoms with E-state index in [-0.39, 0.29) is 11.9 Å². The first-order chi connectivity index (χ1) is 14.2. The first-order valence-electron chi connectivity index (χ1n) is 10.5. The van der Waals surface area contributed by atoms with Gasteiger partial charge in [-0.25, -0.2) is 0 Å². The third kappa shape index (κ3) is 2.68. The molecule has 0 saturated carbocycles. The van der Waals surface area contributed by atoms with Crippen LogP contribution in [0.25, 0.3) is 22.2 Å². The van der Waals surface area contributed by atoms with Gasteiger partial charge in [-0.15, -0.1) is 6.58 Å². The summed E-state index contributed by atoms with van der Waals surface area (Å²) in [6.07, 6.45) is 6.05. The van der Waals surface area contributed by atoms with Crippen molar-refractivity contribution in [2.24, 2.45) is 7.05 Å². The van der Waals surface area contributed by atoms with E-state index < -0.39 is 0 Å². The first kappa shape index (κ1) is 18.0. The molecule has 3 heteroatoms. The Hall–Kier alpha value is -3.07. The van der Waals surface area contributed by atoms with Crippen molar-refractivity contribution in [3.63, 3.8) is 0 Å². The number of amides is 1. The van der Waals surface area contributed by atoms with Crippen LogP contribution in [-0.4, -0.2) is 21.9 Å². The van der Waals surface area contributed by atoms with Crippen LogP contribution in [0.1, 0.15) is 37.3 Å². The van der Waals surface area contributed by atoms with Crippen LogP contribution in [0.4, 0.5) is 0 Å². The minimum atomic E-state index is -0.00268. The van der Waals surface area contributed by atoms with Crippen molar-refractivity contribution < 1.29 is 4.79 Å². The van der Waals surface area contributed by atoms with Crippen LogP contribution in [0, 0.1) is 0 Å². The Labute approximate surface area is 171 Å². The number of hydrogen-bond acceptors (Lipinski definition) is 1. The summed E-state index contributed by atoms with van der Waals surface area (Å²) in [6.45, 7) is 4.51. The largest absolute Gasteiger partial charge is 0.343 e. The number of aromatic nitrogens is 1. The average molecular weight is 383 g/mol. The summed E-state index contributed by atoms with van der Waals surface area (Å²) in [5.74, 6) is 0.205. The maximum atomic E-state index is 13.3. The molecule has 5 rings (SSSR count). The zero-order valence-corrected chi connectivity index (χ0v) is 16.9. The Bertz CT molecular complexity index is 1140. The third-order valence-corrected chi connectivity index (χ3v) is 6.46. The van der Waals surface area contributed by atoms with Gasteiger partial charge in [-0.3, -0.25) is 4.79 Å². The zero-order chi connectivity index (χ0) is 20.0. The molecule has 0 N–H and O–H groups in total. The van der Waals surface area contributed by atoms with Gasteiger partial charge in [0.25, 0.3) is 5.91 Å². The van der Waals surface area contributed by atoms with E-state index in [4.69, 9.17) is 0 Å². The topological polar surface area (TPSA) is 25.2 Å². The number of carbonyl (C=O) groups is 1. The zero-order valence-electron chi connectivity index (χ0n) is 16.9. The Morgan fingerprint density at radius 1 is 1.03 bits per heavy atom. The lowest BCUT2D eigenvalue weighted by atomic mass is 9.86. The number of fused-ring (bicyclic) bond motifs is 1. The standard InChI is InChI=1S/C26H26N2O/c1-3-17-28-25(19-13-7-8-14-20(19)26(28)29)23-21-15-9-10-16-22(21)27(2)24(23)18-11-5-4-6-12-18/h3-6,9-12,15-16,25H,1,7-8,13-14,17H2,2H3. The smallest absolute Gasteiger partial charge is 0.250 e. The van der Waals surface area contributed by atoms with Gasteiger partial charge in [0.1, 0.15) is 0 Å². The lowest BCUT2D eigenvalue weighted by molar-refractivity contribution is -0.126. The van der Waals surface area contributed by atoms with E-state index in [1.165, 1.54) is 33.3 Å². The van der Waals surface area contributed by atoms with E-state index in [9.17, 15) is 4.79 Å². The predicted octanol–water partition coefficient (Wildman–Crippen LogP) is 5.79. The molecule has 2 aliphatic rings. The molecule has 3 aromatic rings. The molecule has 0 saturated heterocycles. The number of rotatable bonds is 4. The molecule has 3 nitrogen and oxygen atoms in total. The Morgan fingerprint density at radius 3 is 2.55 bits per heavy atom. The van der Waals surface area contributed by atoms with E-state index in [0.717, 1.165) is 31.3 Å². The van der Waals surface area contributed by atoms with E-state index in [0.29, 0.717) is 6.54 Å². The summed E-state index contributed by atoms with van der Waals surface area (Å²) in [5, 5.41) is 1.24. The summed E-state index contributed by atoms with van der Waals surface area (Å²) in [6, 6.07) is 19.1. The SMILES string of the molecule is C=CCN1C(=O)C2=C(CCCC2)C1c1c(-c2ccccc2)n(C)c2ccccc12. The number of benzene rings is 2. The maximum absolute atomic E-state index is 13.3. The maximum Gasteiger partial charge on any atom is 0.250 e. The van der Waals surface area contributed by atoms with Crippen molar-refractivity contribution in [1.82, 2.24) is 9.47 Å². The first-order valence-corrected chi connectivity index (χ1v) is 10.5. The van der Waals surface area contributed by atoms with Crippen LogP contribution in [0.3, 0.4) is 0 Å². The second kappa shape index (κ2) is 7.07. The molecule has 1 atom stereocenters. The van der Waals surface area contributed by atoms with Crippen molar-refractivity contribution in [3.05, 3.63) is 84.0 Å². The Morgan fingerprint density at radius 2 is 1.76 bits per heavy atom. The second-order valence-corrected chi connectivity index (χ2v) is 8.06. The van der Waals surface area contributed by atoms with Crippen LogP contribution in [-0.2, 0) is 11.8 Å². The monoisotopic (exact) mass is 382 g/mol. The summed E-state index contributed by atoms with van der Waals surface area (Å²) >= 11 is 0. The lowest BCUT2D eigenvalue weighted by Crippen LogP contribution is -2.30. The summed E-state index contributed by atoms with van der Waals surface area (Å²) in [7, 11) is 2.14. The normalized spacial score (nSPS) is 19.1. The Balaban J connectivity index is 1.83. The van der Waals surface area contributed by atoms with Crippen LogP contribution in [0.2, 0.25) is 0 Å². The van der Waals surface area contributed by atoms with Gasteiger partial charge in [-0.1, -0.05) is 54.6 Å². The van der Waals surface area contributed by atoms with E-state index in [2.05, 4.69) is 72.8 Å². The fourth-order valence-electron chi connectivity index (χ4n) is 5.26. The highest BCUT2D eigenvalue weighted by atomic mass is 16.2. The number of hydrogen-bond donors (Lipinski definition) is 0. The molecule has 1 aromatic heterocycles. The third-order valence-electron chi connectivity index (χ3n) is 6.46. The number of carbonyl (C=O) groups excluding carboxylic acids is 1. The highest BCUT2D eigenvalue weighted by molar-refractivity contribution is 6.01. The average Bonchev–Trinajstić information content (AvgIpc) is 3.21. The predicted molar refractivity (Wildman–Crippen MR) is 119 cm³/mol. The molecule has 0 radical (unpaired) electrons.